The summed E-state index contributed by atoms with van der Waals surface area (Å²) in [6.45, 7) is 4.89. The zero-order chi connectivity index (χ0) is 14.0. The van der Waals surface area contributed by atoms with Crippen LogP contribution in [0.15, 0.2) is 18.5 Å². The van der Waals surface area contributed by atoms with Gasteiger partial charge < -0.3 is 15.6 Å². The second-order valence-electron chi connectivity index (χ2n) is 4.90. The monoisotopic (exact) mass is 260 g/mol. The summed E-state index contributed by atoms with van der Waals surface area (Å²) in [5.41, 5.74) is 9.89. The molecule has 0 aliphatic rings. The number of amides is 1. The maximum absolute atomic E-state index is 11.2. The maximum Gasteiger partial charge on any atom is 0.234 e. The molecule has 0 fully saturated rings. The number of imidazole rings is 1. The SMILES string of the molecule is CNC(CCn1cnc2cc(C)c(C)cc21)C(N)=O. The van der Waals surface area contributed by atoms with Gasteiger partial charge in [0.05, 0.1) is 23.4 Å². The van der Waals surface area contributed by atoms with Crippen LogP contribution in [0.2, 0.25) is 0 Å². The predicted molar refractivity (Wildman–Crippen MR) is 75.9 cm³/mol. The molecule has 1 amide bonds. The molecule has 1 unspecified atom stereocenters. The van der Waals surface area contributed by atoms with E-state index in [0.717, 1.165) is 11.0 Å². The molecule has 5 nitrogen and oxygen atoms in total. The Kier molecular flexibility index (Phi) is 3.85. The van der Waals surface area contributed by atoms with E-state index in [0.29, 0.717) is 13.0 Å². The highest BCUT2D eigenvalue weighted by Crippen LogP contribution is 2.18. The molecular weight excluding hydrogens is 240 g/mol. The van der Waals surface area contributed by atoms with Crippen molar-refractivity contribution in [2.75, 3.05) is 7.05 Å². The number of primary amides is 1. The fourth-order valence-electron chi connectivity index (χ4n) is 2.19. The fraction of sp³-hybridized carbons (Fsp3) is 0.429. The lowest BCUT2D eigenvalue weighted by Crippen LogP contribution is -2.39. The Labute approximate surface area is 112 Å². The van der Waals surface area contributed by atoms with Gasteiger partial charge in [0.15, 0.2) is 0 Å². The minimum atomic E-state index is -0.320. The lowest BCUT2D eigenvalue weighted by atomic mass is 10.1. The largest absolute Gasteiger partial charge is 0.368 e. The van der Waals surface area contributed by atoms with Crippen molar-refractivity contribution in [3.8, 4) is 0 Å². The molecule has 1 aromatic heterocycles. The quantitative estimate of drug-likeness (QED) is 0.846. The standard InChI is InChI=1S/C14H20N4O/c1-9-6-12-13(7-10(9)2)18(8-17-12)5-4-11(16-3)14(15)19/h6-8,11,16H,4-5H2,1-3H3,(H2,15,19). The zero-order valence-electron chi connectivity index (χ0n) is 11.6. The van der Waals surface area contributed by atoms with Gasteiger partial charge >= 0.3 is 0 Å². The zero-order valence-corrected chi connectivity index (χ0v) is 11.6. The second-order valence-corrected chi connectivity index (χ2v) is 4.90. The number of nitrogens with two attached hydrogens (primary N) is 1. The van der Waals surface area contributed by atoms with Crippen molar-refractivity contribution in [3.05, 3.63) is 29.6 Å². The van der Waals surface area contributed by atoms with E-state index in [1.165, 1.54) is 11.1 Å². The first kappa shape index (κ1) is 13.5. The van der Waals surface area contributed by atoms with Gasteiger partial charge in [0, 0.05) is 6.54 Å². The van der Waals surface area contributed by atoms with Crippen LogP contribution in [0.4, 0.5) is 0 Å². The van der Waals surface area contributed by atoms with E-state index in [1.807, 2.05) is 6.33 Å². The highest BCUT2D eigenvalue weighted by atomic mass is 16.1. The first-order valence-corrected chi connectivity index (χ1v) is 6.41. The number of benzene rings is 1. The number of aryl methyl sites for hydroxylation is 3. The number of aromatic nitrogens is 2. The maximum atomic E-state index is 11.2. The van der Waals surface area contributed by atoms with Gasteiger partial charge in [-0.15, -0.1) is 0 Å². The van der Waals surface area contributed by atoms with Gasteiger partial charge in [0.1, 0.15) is 0 Å². The summed E-state index contributed by atoms with van der Waals surface area (Å²) in [7, 11) is 1.74. The highest BCUT2D eigenvalue weighted by molar-refractivity contribution is 5.80. The third kappa shape index (κ3) is 2.76. The van der Waals surface area contributed by atoms with Gasteiger partial charge in [-0.3, -0.25) is 4.79 Å². The molecule has 1 atom stereocenters. The van der Waals surface area contributed by atoms with Gasteiger partial charge in [0.2, 0.25) is 5.91 Å². The van der Waals surface area contributed by atoms with Crippen LogP contribution in [-0.2, 0) is 11.3 Å². The molecule has 0 aliphatic heterocycles. The molecule has 3 N–H and O–H groups in total. The van der Waals surface area contributed by atoms with Crippen molar-refractivity contribution in [2.24, 2.45) is 5.73 Å². The van der Waals surface area contributed by atoms with Crippen molar-refractivity contribution >= 4 is 16.9 Å². The molecular formula is C14H20N4O. The molecule has 0 saturated heterocycles. The number of nitrogens with zero attached hydrogens (tertiary/aromatic N) is 2. The Morgan fingerprint density at radius 1 is 1.42 bits per heavy atom. The van der Waals surface area contributed by atoms with Crippen LogP contribution in [-0.4, -0.2) is 28.5 Å². The van der Waals surface area contributed by atoms with Crippen molar-refractivity contribution in [1.29, 1.82) is 0 Å². The van der Waals surface area contributed by atoms with Gasteiger partial charge in [-0.25, -0.2) is 4.98 Å². The second kappa shape index (κ2) is 5.40. The van der Waals surface area contributed by atoms with E-state index in [2.05, 4.69) is 40.8 Å². The molecule has 0 radical (unpaired) electrons. The van der Waals surface area contributed by atoms with E-state index in [4.69, 9.17) is 5.73 Å². The first-order chi connectivity index (χ1) is 9.02. The average molecular weight is 260 g/mol. The normalized spacial score (nSPS) is 12.8. The summed E-state index contributed by atoms with van der Waals surface area (Å²) in [6, 6.07) is 3.92. The Balaban J connectivity index is 2.22. The summed E-state index contributed by atoms with van der Waals surface area (Å²) in [4.78, 5) is 15.6. The molecule has 0 aliphatic carbocycles. The van der Waals surface area contributed by atoms with Gasteiger partial charge in [0.25, 0.3) is 0 Å². The molecule has 1 aromatic carbocycles. The topological polar surface area (TPSA) is 72.9 Å². The van der Waals surface area contributed by atoms with Crippen LogP contribution >= 0.6 is 0 Å². The van der Waals surface area contributed by atoms with Crippen LogP contribution in [0.5, 0.6) is 0 Å². The summed E-state index contributed by atoms with van der Waals surface area (Å²) >= 11 is 0. The Morgan fingerprint density at radius 3 is 2.74 bits per heavy atom. The van der Waals surface area contributed by atoms with Crippen molar-refractivity contribution in [1.82, 2.24) is 14.9 Å². The summed E-state index contributed by atoms with van der Waals surface area (Å²) in [6.07, 6.45) is 2.47. The Bertz CT molecular complexity index is 603. The molecule has 1 heterocycles. The van der Waals surface area contributed by atoms with E-state index < -0.39 is 0 Å². The molecule has 5 heteroatoms. The first-order valence-electron chi connectivity index (χ1n) is 6.41. The summed E-state index contributed by atoms with van der Waals surface area (Å²) in [5.74, 6) is -0.320. The number of rotatable bonds is 5. The number of fused-ring (bicyclic) bond motifs is 1. The van der Waals surface area contributed by atoms with Crippen LogP contribution < -0.4 is 11.1 Å². The smallest absolute Gasteiger partial charge is 0.234 e. The van der Waals surface area contributed by atoms with Crippen molar-refractivity contribution in [2.45, 2.75) is 32.9 Å². The minimum absolute atomic E-state index is 0.302. The lowest BCUT2D eigenvalue weighted by Gasteiger charge is -2.13. The molecule has 0 saturated carbocycles. The molecule has 19 heavy (non-hydrogen) atoms. The van der Waals surface area contributed by atoms with E-state index >= 15 is 0 Å². The number of hydrogen-bond acceptors (Lipinski definition) is 3. The Morgan fingerprint density at radius 2 is 2.11 bits per heavy atom. The number of carbonyl (C=O) groups is 1. The summed E-state index contributed by atoms with van der Waals surface area (Å²) < 4.78 is 2.06. The number of likely N-dealkylation sites (N-methyl/N-ethyl adjacent to an activating group) is 1. The number of carbonyl (C=O) groups excluding carboxylic acids is 1. The lowest BCUT2D eigenvalue weighted by molar-refractivity contribution is -0.120. The fourth-order valence-corrected chi connectivity index (χ4v) is 2.19. The van der Waals surface area contributed by atoms with Crippen molar-refractivity contribution in [3.63, 3.8) is 0 Å². The summed E-state index contributed by atoms with van der Waals surface area (Å²) in [5, 5.41) is 2.92. The predicted octanol–water partition coefficient (Wildman–Crippen LogP) is 1.12. The van der Waals surface area contributed by atoms with Crippen LogP contribution in [0, 0.1) is 13.8 Å². The third-order valence-electron chi connectivity index (χ3n) is 3.59. The van der Waals surface area contributed by atoms with Crippen LogP contribution in [0.3, 0.4) is 0 Å². The molecule has 2 rings (SSSR count). The van der Waals surface area contributed by atoms with E-state index in [-0.39, 0.29) is 11.9 Å². The molecule has 102 valence electrons. The van der Waals surface area contributed by atoms with Gasteiger partial charge in [-0.05, 0) is 50.6 Å². The third-order valence-corrected chi connectivity index (χ3v) is 3.59. The number of hydrogen-bond donors (Lipinski definition) is 2. The van der Waals surface area contributed by atoms with E-state index in [1.54, 1.807) is 7.05 Å². The average Bonchev–Trinajstić information content (AvgIpc) is 2.73. The van der Waals surface area contributed by atoms with E-state index in [9.17, 15) is 4.79 Å². The van der Waals surface area contributed by atoms with Crippen LogP contribution in [0.1, 0.15) is 17.5 Å². The number of nitrogens with one attached hydrogen (secondary N) is 1. The molecule has 0 spiro atoms. The Hall–Kier alpha value is -1.88. The minimum Gasteiger partial charge on any atom is -0.368 e. The van der Waals surface area contributed by atoms with Gasteiger partial charge in [-0.1, -0.05) is 0 Å². The van der Waals surface area contributed by atoms with Crippen molar-refractivity contribution < 1.29 is 4.79 Å². The highest BCUT2D eigenvalue weighted by Gasteiger charge is 2.13. The molecule has 2 aromatic rings. The van der Waals surface area contributed by atoms with Crippen LogP contribution in [0.25, 0.3) is 11.0 Å². The molecule has 0 bridgehead atoms. The van der Waals surface area contributed by atoms with Gasteiger partial charge in [-0.2, -0.15) is 0 Å².